The molecule has 2 heterocycles. The van der Waals surface area contributed by atoms with Gasteiger partial charge in [0, 0.05) is 16.6 Å². The number of thiazole rings is 1. The standard InChI is InChI=1S/C13H20N2O2S2/c1-7-4-10(5-8(2)17-7)15-12(16)6-11-9(3)14-13(18)19-11/h7-8,10H,4-6H2,1-3H3,(H,14,18)(H,15,16)/t7-,8+,10?. The maximum absolute atomic E-state index is 12.1. The zero-order valence-electron chi connectivity index (χ0n) is 11.5. The van der Waals surface area contributed by atoms with Gasteiger partial charge in [-0.15, -0.1) is 11.3 Å². The van der Waals surface area contributed by atoms with Crippen molar-refractivity contribution in [3.05, 3.63) is 14.5 Å². The van der Waals surface area contributed by atoms with Gasteiger partial charge in [-0.25, -0.2) is 0 Å². The van der Waals surface area contributed by atoms with Crippen molar-refractivity contribution in [1.29, 1.82) is 0 Å². The molecule has 0 spiro atoms. The van der Waals surface area contributed by atoms with E-state index in [1.54, 1.807) is 0 Å². The number of ether oxygens (including phenoxy) is 1. The third-order valence-corrected chi connectivity index (χ3v) is 4.64. The lowest BCUT2D eigenvalue weighted by atomic mass is 10.00. The molecule has 19 heavy (non-hydrogen) atoms. The number of H-pyrrole nitrogens is 1. The number of aromatic nitrogens is 1. The van der Waals surface area contributed by atoms with E-state index in [-0.39, 0.29) is 24.2 Å². The zero-order valence-corrected chi connectivity index (χ0v) is 13.1. The Morgan fingerprint density at radius 1 is 1.47 bits per heavy atom. The van der Waals surface area contributed by atoms with Crippen molar-refractivity contribution in [2.45, 2.75) is 58.3 Å². The van der Waals surface area contributed by atoms with Crippen molar-refractivity contribution in [2.75, 3.05) is 0 Å². The first kappa shape index (κ1) is 14.7. The van der Waals surface area contributed by atoms with Gasteiger partial charge in [-0.05, 0) is 45.8 Å². The van der Waals surface area contributed by atoms with Gasteiger partial charge >= 0.3 is 0 Å². The molecule has 0 bridgehead atoms. The molecule has 1 fully saturated rings. The predicted octanol–water partition coefficient (Wildman–Crippen LogP) is 2.73. The van der Waals surface area contributed by atoms with Gasteiger partial charge in [-0.2, -0.15) is 0 Å². The summed E-state index contributed by atoms with van der Waals surface area (Å²) < 4.78 is 6.40. The summed E-state index contributed by atoms with van der Waals surface area (Å²) in [6, 6.07) is 0.221. The summed E-state index contributed by atoms with van der Waals surface area (Å²) in [5.74, 6) is 0.0691. The molecule has 1 unspecified atom stereocenters. The van der Waals surface area contributed by atoms with Crippen molar-refractivity contribution in [2.24, 2.45) is 0 Å². The number of nitrogens with one attached hydrogen (secondary N) is 2. The van der Waals surface area contributed by atoms with E-state index in [2.05, 4.69) is 24.1 Å². The Labute approximate surface area is 122 Å². The molecule has 4 nitrogen and oxygen atoms in total. The molecule has 6 heteroatoms. The van der Waals surface area contributed by atoms with E-state index >= 15 is 0 Å². The van der Waals surface area contributed by atoms with Gasteiger partial charge in [0.15, 0.2) is 3.95 Å². The first-order valence-corrected chi connectivity index (χ1v) is 7.80. The van der Waals surface area contributed by atoms with Gasteiger partial charge in [0.25, 0.3) is 0 Å². The summed E-state index contributed by atoms with van der Waals surface area (Å²) in [6.45, 7) is 6.06. The third-order valence-electron chi connectivity index (χ3n) is 3.31. The van der Waals surface area contributed by atoms with Crippen LogP contribution >= 0.6 is 23.6 Å². The predicted molar refractivity (Wildman–Crippen MR) is 79.1 cm³/mol. The highest BCUT2D eigenvalue weighted by Gasteiger charge is 2.25. The number of aromatic amines is 1. The molecule has 2 N–H and O–H groups in total. The second-order valence-corrected chi connectivity index (χ2v) is 7.00. The molecule has 1 aromatic heterocycles. The van der Waals surface area contributed by atoms with Crippen molar-refractivity contribution >= 4 is 29.5 Å². The average Bonchev–Trinajstić information content (AvgIpc) is 2.55. The van der Waals surface area contributed by atoms with E-state index in [9.17, 15) is 4.79 Å². The number of carbonyl (C=O) groups excluding carboxylic acids is 1. The fourth-order valence-electron chi connectivity index (χ4n) is 2.55. The highest BCUT2D eigenvalue weighted by Crippen LogP contribution is 2.20. The average molecular weight is 300 g/mol. The summed E-state index contributed by atoms with van der Waals surface area (Å²) >= 11 is 6.56. The summed E-state index contributed by atoms with van der Waals surface area (Å²) in [7, 11) is 0. The van der Waals surface area contributed by atoms with Gasteiger partial charge in [-0.1, -0.05) is 0 Å². The van der Waals surface area contributed by atoms with Gasteiger partial charge in [0.05, 0.1) is 18.6 Å². The van der Waals surface area contributed by atoms with Crippen molar-refractivity contribution in [1.82, 2.24) is 10.3 Å². The second-order valence-electron chi connectivity index (χ2n) is 5.23. The van der Waals surface area contributed by atoms with Crippen molar-refractivity contribution in [3.8, 4) is 0 Å². The molecule has 2 rings (SSSR count). The molecule has 0 saturated carbocycles. The van der Waals surface area contributed by atoms with Crippen LogP contribution in [0.2, 0.25) is 0 Å². The van der Waals surface area contributed by atoms with Crippen LogP contribution in [0.4, 0.5) is 0 Å². The van der Waals surface area contributed by atoms with Crippen molar-refractivity contribution < 1.29 is 9.53 Å². The molecular formula is C13H20N2O2S2. The van der Waals surface area contributed by atoms with E-state index in [1.807, 2.05) is 6.92 Å². The van der Waals surface area contributed by atoms with Gasteiger partial charge < -0.3 is 15.0 Å². The molecule has 0 aromatic carbocycles. The molecule has 1 amide bonds. The first-order chi connectivity index (χ1) is 8.94. The second kappa shape index (κ2) is 6.15. The smallest absolute Gasteiger partial charge is 0.225 e. The lowest BCUT2D eigenvalue weighted by molar-refractivity contribution is -0.122. The van der Waals surface area contributed by atoms with Crippen LogP contribution < -0.4 is 5.32 Å². The highest BCUT2D eigenvalue weighted by atomic mass is 32.1. The normalized spacial score (nSPS) is 27.2. The number of hydrogen-bond donors (Lipinski definition) is 2. The van der Waals surface area contributed by atoms with Gasteiger partial charge in [-0.3, -0.25) is 4.79 Å². The SMILES string of the molecule is Cc1[nH]c(=S)sc1CC(=O)NC1C[C@@H](C)O[C@@H](C)C1. The first-order valence-electron chi connectivity index (χ1n) is 6.57. The van der Waals surface area contributed by atoms with E-state index in [1.165, 1.54) is 11.3 Å². The Kier molecular flexibility index (Phi) is 4.76. The quantitative estimate of drug-likeness (QED) is 0.844. The van der Waals surface area contributed by atoms with E-state index in [0.29, 0.717) is 6.42 Å². The Morgan fingerprint density at radius 2 is 2.11 bits per heavy atom. The van der Waals surface area contributed by atoms with Crippen LogP contribution in [0.15, 0.2) is 0 Å². The monoisotopic (exact) mass is 300 g/mol. The minimum Gasteiger partial charge on any atom is -0.375 e. The van der Waals surface area contributed by atoms with Gasteiger partial charge in [0.1, 0.15) is 0 Å². The summed E-state index contributed by atoms with van der Waals surface area (Å²) in [5.41, 5.74) is 0.999. The van der Waals surface area contributed by atoms with E-state index < -0.39 is 0 Å². The lowest BCUT2D eigenvalue weighted by Gasteiger charge is -2.32. The topological polar surface area (TPSA) is 54.1 Å². The molecular weight excluding hydrogens is 280 g/mol. The van der Waals surface area contributed by atoms with E-state index in [4.69, 9.17) is 17.0 Å². The Morgan fingerprint density at radius 3 is 2.63 bits per heavy atom. The summed E-state index contributed by atoms with van der Waals surface area (Å²) in [5, 5.41) is 3.10. The summed E-state index contributed by atoms with van der Waals surface area (Å²) in [6.07, 6.45) is 2.61. The fraction of sp³-hybridized carbons (Fsp3) is 0.692. The fourth-order valence-corrected chi connectivity index (χ4v) is 3.84. The molecule has 106 valence electrons. The van der Waals surface area contributed by atoms with Crippen molar-refractivity contribution in [3.63, 3.8) is 0 Å². The van der Waals surface area contributed by atoms with Crippen LogP contribution in [0.5, 0.6) is 0 Å². The minimum absolute atomic E-state index is 0.0691. The third kappa shape index (κ3) is 4.12. The molecule has 1 aliphatic heterocycles. The number of carbonyl (C=O) groups is 1. The number of aryl methyl sites for hydroxylation is 1. The van der Waals surface area contributed by atoms with Gasteiger partial charge in [0.2, 0.25) is 5.91 Å². The Hall–Kier alpha value is -0.720. The Balaban J connectivity index is 1.91. The molecule has 3 atom stereocenters. The highest BCUT2D eigenvalue weighted by molar-refractivity contribution is 7.73. The van der Waals surface area contributed by atoms with Crippen LogP contribution in [0.3, 0.4) is 0 Å². The summed E-state index contributed by atoms with van der Waals surface area (Å²) in [4.78, 5) is 16.2. The largest absolute Gasteiger partial charge is 0.375 e. The minimum atomic E-state index is 0.0691. The number of rotatable bonds is 3. The maximum Gasteiger partial charge on any atom is 0.225 e. The van der Waals surface area contributed by atoms with Crippen LogP contribution in [-0.4, -0.2) is 29.1 Å². The molecule has 0 aliphatic carbocycles. The molecule has 0 radical (unpaired) electrons. The Bertz CT molecular complexity index is 499. The van der Waals surface area contributed by atoms with Crippen LogP contribution in [0, 0.1) is 10.9 Å². The van der Waals surface area contributed by atoms with Crippen LogP contribution in [0.1, 0.15) is 37.3 Å². The van der Waals surface area contributed by atoms with Crippen LogP contribution in [0.25, 0.3) is 0 Å². The zero-order chi connectivity index (χ0) is 14.0. The number of hydrogen-bond acceptors (Lipinski definition) is 4. The molecule has 1 saturated heterocycles. The molecule has 1 aromatic rings. The number of amides is 1. The lowest BCUT2D eigenvalue weighted by Crippen LogP contribution is -2.44. The van der Waals surface area contributed by atoms with Crippen LogP contribution in [-0.2, 0) is 16.0 Å². The van der Waals surface area contributed by atoms with E-state index in [0.717, 1.165) is 27.4 Å². The molecule has 1 aliphatic rings. The maximum atomic E-state index is 12.1.